The molecule has 0 saturated carbocycles. The average molecular weight is 542 g/mol. The molecule has 0 fully saturated rings. The summed E-state index contributed by atoms with van der Waals surface area (Å²) in [4.78, 5) is 35.6. The predicted molar refractivity (Wildman–Crippen MR) is 129 cm³/mol. The molecule has 0 bridgehead atoms. The molecule has 2 aromatic carbocycles. The van der Waals surface area contributed by atoms with E-state index in [0.29, 0.717) is 5.56 Å². The molecule has 0 radical (unpaired) electrons. The topological polar surface area (TPSA) is 95.2 Å². The van der Waals surface area contributed by atoms with Crippen LogP contribution < -0.4 is 16.2 Å². The molecular weight excluding hydrogens is 515 g/mol. The summed E-state index contributed by atoms with van der Waals surface area (Å²) >= 11 is 5.98. The van der Waals surface area contributed by atoms with Crippen molar-refractivity contribution in [2.45, 2.75) is 32.0 Å². The Morgan fingerprint density at radius 1 is 1.16 bits per heavy atom. The molecule has 9 nitrogen and oxygen atoms in total. The number of carbonyl (C=O) groups is 2. The van der Waals surface area contributed by atoms with Crippen LogP contribution in [-0.4, -0.2) is 54.2 Å². The number of benzene rings is 2. The average Bonchev–Trinajstić information content (AvgIpc) is 3.37. The van der Waals surface area contributed by atoms with E-state index in [0.717, 1.165) is 15.6 Å². The molecule has 0 saturated heterocycles. The summed E-state index contributed by atoms with van der Waals surface area (Å²) in [7, 11) is 0. The van der Waals surface area contributed by atoms with E-state index in [1.165, 1.54) is 25.3 Å². The Balaban J connectivity index is 1.57. The van der Waals surface area contributed by atoms with Crippen molar-refractivity contribution in [2.75, 3.05) is 19.7 Å². The monoisotopic (exact) mass is 541 g/mol. The highest BCUT2D eigenvalue weighted by Crippen LogP contribution is 2.25. The van der Waals surface area contributed by atoms with E-state index in [9.17, 15) is 22.8 Å². The fraction of sp³-hybridized carbons (Fsp3) is 0.333. The lowest BCUT2D eigenvalue weighted by Crippen LogP contribution is -2.55. The number of nitrogens with one attached hydrogen (secondary N) is 3. The molecule has 0 aromatic heterocycles. The summed E-state index contributed by atoms with van der Waals surface area (Å²) in [5.41, 5.74) is 6.26. The smallest absolute Gasteiger partial charge is 0.309 e. The number of alkyl halides is 2. The zero-order valence-electron chi connectivity index (χ0n) is 19.9. The summed E-state index contributed by atoms with van der Waals surface area (Å²) < 4.78 is 39.1. The van der Waals surface area contributed by atoms with Crippen molar-refractivity contribution < 1.29 is 32.4 Å². The first-order valence-corrected chi connectivity index (χ1v) is 11.7. The minimum Gasteiger partial charge on any atom is -0.309 e. The van der Waals surface area contributed by atoms with Gasteiger partial charge in [0.25, 0.3) is 6.43 Å². The van der Waals surface area contributed by atoms with Gasteiger partial charge < -0.3 is 5.32 Å². The van der Waals surface area contributed by atoms with Gasteiger partial charge >= 0.3 is 6.03 Å². The lowest BCUT2D eigenvalue weighted by atomic mass is 10.1. The largest absolute Gasteiger partial charge is 0.369 e. The maximum Gasteiger partial charge on any atom is 0.369 e. The van der Waals surface area contributed by atoms with Crippen LogP contribution in [0.3, 0.4) is 0 Å². The third kappa shape index (κ3) is 8.44. The Bertz CT molecular complexity index is 1080. The number of urea groups is 1. The second-order valence-electron chi connectivity index (χ2n) is 7.96. The van der Waals surface area contributed by atoms with E-state index < -0.39 is 42.9 Å². The molecule has 37 heavy (non-hydrogen) atoms. The van der Waals surface area contributed by atoms with E-state index in [1.54, 1.807) is 12.1 Å². The number of hydrogen-bond donors (Lipinski definition) is 3. The minimum atomic E-state index is -2.61. The van der Waals surface area contributed by atoms with Gasteiger partial charge in [-0.05, 0) is 23.3 Å². The first-order chi connectivity index (χ1) is 17.8. The van der Waals surface area contributed by atoms with Crippen molar-refractivity contribution in [1.82, 2.24) is 26.3 Å². The number of hydroxylamine groups is 3. The first kappa shape index (κ1) is 28.4. The number of amides is 3. The van der Waals surface area contributed by atoms with Crippen LogP contribution in [0, 0.1) is 5.82 Å². The van der Waals surface area contributed by atoms with E-state index in [2.05, 4.69) is 16.2 Å². The van der Waals surface area contributed by atoms with Gasteiger partial charge in [-0.25, -0.2) is 28.9 Å². The van der Waals surface area contributed by atoms with E-state index in [4.69, 9.17) is 21.3 Å². The third-order valence-corrected chi connectivity index (χ3v) is 5.66. The number of hydrogen-bond acceptors (Lipinski definition) is 6. The molecule has 200 valence electrons. The SMILES string of the molecule is CC(=O)N(NCc1cccc(F)c1Cl)[C@@H](CNCC(F)F)CONC(=O)N1C=CC(c2ccccc2)O1. The maximum atomic E-state index is 13.8. The van der Waals surface area contributed by atoms with Gasteiger partial charge in [-0.15, -0.1) is 0 Å². The van der Waals surface area contributed by atoms with Crippen LogP contribution in [0.2, 0.25) is 5.02 Å². The van der Waals surface area contributed by atoms with Crippen LogP contribution in [0.25, 0.3) is 0 Å². The van der Waals surface area contributed by atoms with Crippen LogP contribution in [0.15, 0.2) is 60.8 Å². The molecular formula is C24H27ClF3N5O4. The number of halogens is 4. The fourth-order valence-electron chi connectivity index (χ4n) is 3.46. The van der Waals surface area contributed by atoms with Gasteiger partial charge in [0.05, 0.1) is 24.2 Å². The van der Waals surface area contributed by atoms with Crippen LogP contribution >= 0.6 is 11.6 Å². The first-order valence-electron chi connectivity index (χ1n) is 11.3. The predicted octanol–water partition coefficient (Wildman–Crippen LogP) is 3.70. The van der Waals surface area contributed by atoms with Gasteiger partial charge in [-0.3, -0.25) is 19.5 Å². The van der Waals surface area contributed by atoms with Crippen molar-refractivity contribution in [3.05, 3.63) is 82.8 Å². The van der Waals surface area contributed by atoms with Gasteiger partial charge in [0.2, 0.25) is 5.91 Å². The van der Waals surface area contributed by atoms with Gasteiger partial charge in [0.15, 0.2) is 0 Å². The summed E-state index contributed by atoms with van der Waals surface area (Å²) in [6.45, 7) is 0.245. The Morgan fingerprint density at radius 2 is 1.92 bits per heavy atom. The van der Waals surface area contributed by atoms with Crippen LogP contribution in [-0.2, 0) is 21.0 Å². The molecule has 2 aromatic rings. The highest BCUT2D eigenvalue weighted by Gasteiger charge is 2.26. The van der Waals surface area contributed by atoms with E-state index >= 15 is 0 Å². The van der Waals surface area contributed by atoms with Crippen molar-refractivity contribution in [1.29, 1.82) is 0 Å². The summed E-state index contributed by atoms with van der Waals surface area (Å²) in [6.07, 6.45) is 0.0582. The Kier molecular flexibility index (Phi) is 10.7. The summed E-state index contributed by atoms with van der Waals surface area (Å²) in [5, 5.41) is 4.53. The third-order valence-electron chi connectivity index (χ3n) is 5.24. The summed E-state index contributed by atoms with van der Waals surface area (Å²) in [6, 6.07) is 11.9. The van der Waals surface area contributed by atoms with Gasteiger partial charge in [-0.2, -0.15) is 5.06 Å². The van der Waals surface area contributed by atoms with Gasteiger partial charge in [0, 0.05) is 26.2 Å². The Labute approximate surface area is 217 Å². The molecule has 1 unspecified atom stereocenters. The normalized spacial score (nSPS) is 15.7. The zero-order chi connectivity index (χ0) is 26.8. The van der Waals surface area contributed by atoms with Gasteiger partial charge in [-0.1, -0.05) is 54.1 Å². The number of rotatable bonds is 12. The molecule has 0 aliphatic carbocycles. The van der Waals surface area contributed by atoms with Crippen LogP contribution in [0.4, 0.5) is 18.0 Å². The lowest BCUT2D eigenvalue weighted by molar-refractivity contribution is -0.138. The zero-order valence-corrected chi connectivity index (χ0v) is 20.6. The fourth-order valence-corrected chi connectivity index (χ4v) is 3.65. The van der Waals surface area contributed by atoms with Crippen molar-refractivity contribution in [3.63, 3.8) is 0 Å². The second-order valence-corrected chi connectivity index (χ2v) is 8.34. The maximum absolute atomic E-state index is 13.8. The molecule has 3 rings (SSSR count). The van der Waals surface area contributed by atoms with E-state index in [-0.39, 0.29) is 24.7 Å². The molecule has 3 amide bonds. The molecule has 1 heterocycles. The quantitative estimate of drug-likeness (QED) is 0.355. The van der Waals surface area contributed by atoms with Crippen LogP contribution in [0.5, 0.6) is 0 Å². The second kappa shape index (κ2) is 14.0. The van der Waals surface area contributed by atoms with Crippen molar-refractivity contribution in [2.24, 2.45) is 0 Å². The molecule has 0 spiro atoms. The van der Waals surface area contributed by atoms with Gasteiger partial charge in [0.1, 0.15) is 11.9 Å². The number of carbonyl (C=O) groups excluding carboxylic acids is 2. The van der Waals surface area contributed by atoms with Crippen LogP contribution in [0.1, 0.15) is 24.2 Å². The minimum absolute atomic E-state index is 0.0266. The molecule has 3 N–H and O–H groups in total. The standard InChI is InChI=1S/C24H27ClF3N5O4/c1-16(34)33(30-12-18-8-5-9-20(26)23(18)25)19(13-29-14-22(27)28)15-36-31-24(35)32-11-10-21(37-32)17-6-3-2-4-7-17/h2-11,19,21-22,29-30H,12-15H2,1H3,(H,31,35)/t19-,21?/m0/s1. The molecule has 2 atom stereocenters. The molecule has 13 heteroatoms. The molecule has 1 aliphatic heterocycles. The van der Waals surface area contributed by atoms with E-state index in [1.807, 2.05) is 30.3 Å². The highest BCUT2D eigenvalue weighted by molar-refractivity contribution is 6.31. The van der Waals surface area contributed by atoms with Crippen molar-refractivity contribution >= 4 is 23.5 Å². The van der Waals surface area contributed by atoms with Crippen molar-refractivity contribution in [3.8, 4) is 0 Å². The molecule has 1 aliphatic rings. The Morgan fingerprint density at radius 3 is 2.62 bits per heavy atom. The summed E-state index contributed by atoms with van der Waals surface area (Å²) in [5.74, 6) is -1.09. The lowest BCUT2D eigenvalue weighted by Gasteiger charge is -2.31. The number of hydrazine groups is 1. The number of nitrogens with zero attached hydrogens (tertiary/aromatic N) is 2. The highest BCUT2D eigenvalue weighted by atomic mass is 35.5. The Hall–Kier alpha value is -3.16.